The number of fused-ring (bicyclic) bond motifs is 1. The van der Waals surface area contributed by atoms with Crippen molar-refractivity contribution < 1.29 is 36.2 Å². The number of rotatable bonds is 5. The van der Waals surface area contributed by atoms with Crippen LogP contribution in [0, 0.1) is 5.92 Å². The van der Waals surface area contributed by atoms with Crippen molar-refractivity contribution in [3.05, 3.63) is 29.3 Å². The molecule has 1 aromatic rings. The van der Waals surface area contributed by atoms with Crippen LogP contribution in [0.1, 0.15) is 19.4 Å². The highest BCUT2D eigenvalue weighted by Gasteiger charge is 2.48. The fraction of sp³-hybridized carbons (Fsp3) is 0.400. The second-order valence-corrected chi connectivity index (χ2v) is 7.66. The molecule has 0 radical (unpaired) electrons. The van der Waals surface area contributed by atoms with Crippen molar-refractivity contribution in [2.24, 2.45) is 5.92 Å². The van der Waals surface area contributed by atoms with Crippen LogP contribution in [-0.4, -0.2) is 38.3 Å². The fourth-order valence-corrected chi connectivity index (χ4v) is 3.37. The maximum absolute atomic E-state index is 13.0. The van der Waals surface area contributed by atoms with Crippen LogP contribution in [0.3, 0.4) is 0 Å². The van der Waals surface area contributed by atoms with Crippen molar-refractivity contribution in [3.63, 3.8) is 0 Å². The maximum Gasteiger partial charge on any atom is 0.430 e. The Labute approximate surface area is 142 Å². The van der Waals surface area contributed by atoms with Crippen molar-refractivity contribution in [2.45, 2.75) is 31.0 Å². The monoisotopic (exact) mass is 379 g/mol. The molecule has 1 heterocycles. The van der Waals surface area contributed by atoms with Gasteiger partial charge in [0.05, 0.1) is 10.5 Å². The second-order valence-electron chi connectivity index (χ2n) is 5.89. The first kappa shape index (κ1) is 19.3. The van der Waals surface area contributed by atoms with Crippen LogP contribution in [0.4, 0.5) is 13.2 Å². The summed E-state index contributed by atoms with van der Waals surface area (Å²) in [5.74, 6) is -1.98. The Balaban J connectivity index is 2.44. The van der Waals surface area contributed by atoms with Crippen LogP contribution in [-0.2, 0) is 14.8 Å². The normalized spacial score (nSPS) is 17.7. The Bertz CT molecular complexity index is 815. The lowest BCUT2D eigenvalue weighted by Gasteiger charge is -2.27. The first-order chi connectivity index (χ1) is 11.4. The van der Waals surface area contributed by atoms with Crippen LogP contribution in [0.25, 0.3) is 6.08 Å². The van der Waals surface area contributed by atoms with Gasteiger partial charge in [-0.15, -0.1) is 0 Å². The van der Waals surface area contributed by atoms with Crippen LogP contribution in [0.15, 0.2) is 28.7 Å². The van der Waals surface area contributed by atoms with E-state index in [9.17, 15) is 26.4 Å². The van der Waals surface area contributed by atoms with Gasteiger partial charge in [0.25, 0.3) is 0 Å². The molecule has 1 aliphatic rings. The van der Waals surface area contributed by atoms with Gasteiger partial charge in [0, 0.05) is 12.1 Å². The van der Waals surface area contributed by atoms with E-state index in [1.165, 1.54) is 0 Å². The molecule has 1 aliphatic heterocycles. The lowest BCUT2D eigenvalue weighted by Crippen LogP contribution is -2.40. The molecule has 0 spiro atoms. The Morgan fingerprint density at radius 1 is 1.36 bits per heavy atom. The summed E-state index contributed by atoms with van der Waals surface area (Å²) in [7, 11) is -3.87. The standard InChI is InChI=1S/C15H16F3NO5S/c1-8(2)7-19-25(22,23)10-3-4-12-9(5-10)6-11(14(20)21)13(24-12)15(16,17)18/h3-6,8,13,19H,7H2,1-2H3,(H,20,21)/t13-/m0/s1. The number of alkyl halides is 3. The van der Waals surface area contributed by atoms with E-state index < -0.39 is 33.8 Å². The number of ether oxygens (including phenoxy) is 1. The molecule has 0 saturated heterocycles. The Kier molecular flexibility index (Phi) is 5.14. The summed E-state index contributed by atoms with van der Waals surface area (Å²) >= 11 is 0. The molecule has 25 heavy (non-hydrogen) atoms. The van der Waals surface area contributed by atoms with Crippen molar-refractivity contribution in [1.29, 1.82) is 0 Å². The summed E-state index contributed by atoms with van der Waals surface area (Å²) in [6.07, 6.45) is -6.74. The Hall–Kier alpha value is -2.07. The van der Waals surface area contributed by atoms with Gasteiger partial charge in [-0.05, 0) is 30.2 Å². The minimum atomic E-state index is -4.91. The summed E-state index contributed by atoms with van der Waals surface area (Å²) in [6, 6.07) is 3.26. The summed E-state index contributed by atoms with van der Waals surface area (Å²) in [5, 5.41) is 8.99. The predicted octanol–water partition coefficient (Wildman–Crippen LogP) is 2.41. The van der Waals surface area contributed by atoms with E-state index in [4.69, 9.17) is 9.84 Å². The highest BCUT2D eigenvalue weighted by Crippen LogP contribution is 2.38. The third-order valence-electron chi connectivity index (χ3n) is 3.36. The molecule has 0 unspecified atom stereocenters. The minimum absolute atomic E-state index is 0.0506. The van der Waals surface area contributed by atoms with Gasteiger partial charge in [0.15, 0.2) is 0 Å². The van der Waals surface area contributed by atoms with Gasteiger partial charge in [-0.25, -0.2) is 17.9 Å². The van der Waals surface area contributed by atoms with E-state index in [-0.39, 0.29) is 28.7 Å². The number of carboxylic acids is 1. The molecule has 6 nitrogen and oxygen atoms in total. The maximum atomic E-state index is 13.0. The van der Waals surface area contributed by atoms with Crippen LogP contribution in [0.5, 0.6) is 5.75 Å². The van der Waals surface area contributed by atoms with E-state index in [0.717, 1.165) is 24.3 Å². The largest absolute Gasteiger partial charge is 0.478 e. The van der Waals surface area contributed by atoms with Gasteiger partial charge in [0.1, 0.15) is 5.75 Å². The summed E-state index contributed by atoms with van der Waals surface area (Å²) in [6.45, 7) is 3.80. The van der Waals surface area contributed by atoms with Crippen LogP contribution in [0.2, 0.25) is 0 Å². The number of halogens is 3. The molecule has 0 amide bonds. The molecule has 0 bridgehead atoms. The molecule has 1 aromatic carbocycles. The van der Waals surface area contributed by atoms with Gasteiger partial charge in [0.2, 0.25) is 16.1 Å². The number of aliphatic carboxylic acids is 1. The van der Waals surface area contributed by atoms with E-state index in [2.05, 4.69) is 4.72 Å². The zero-order valence-electron chi connectivity index (χ0n) is 13.3. The number of sulfonamides is 1. The zero-order chi connectivity index (χ0) is 19.0. The zero-order valence-corrected chi connectivity index (χ0v) is 14.1. The number of benzene rings is 1. The van der Waals surface area contributed by atoms with Gasteiger partial charge in [-0.2, -0.15) is 13.2 Å². The Morgan fingerprint density at radius 2 is 2.00 bits per heavy atom. The smallest absolute Gasteiger partial charge is 0.430 e. The number of nitrogens with one attached hydrogen (secondary N) is 1. The van der Waals surface area contributed by atoms with E-state index in [1.807, 2.05) is 13.8 Å². The molecular formula is C15H16F3NO5S. The average Bonchev–Trinajstić information content (AvgIpc) is 2.50. The minimum Gasteiger partial charge on any atom is -0.478 e. The van der Waals surface area contributed by atoms with Gasteiger partial charge in [-0.3, -0.25) is 0 Å². The fourth-order valence-electron chi connectivity index (χ4n) is 2.12. The molecule has 0 aromatic heterocycles. The number of carboxylic acid groups (broad SMARTS) is 1. The van der Waals surface area contributed by atoms with E-state index in [1.54, 1.807) is 0 Å². The topological polar surface area (TPSA) is 92.7 Å². The highest BCUT2D eigenvalue weighted by molar-refractivity contribution is 7.89. The lowest BCUT2D eigenvalue weighted by molar-refractivity contribution is -0.187. The van der Waals surface area contributed by atoms with Crippen molar-refractivity contribution in [2.75, 3.05) is 6.54 Å². The summed E-state index contributed by atoms with van der Waals surface area (Å²) in [5.41, 5.74) is -1.06. The van der Waals surface area contributed by atoms with Crippen LogP contribution < -0.4 is 9.46 Å². The SMILES string of the molecule is CC(C)CNS(=O)(=O)c1ccc2c(c1)C=C(C(=O)O)[C@@H](C(F)(F)F)O2. The highest BCUT2D eigenvalue weighted by atomic mass is 32.2. The molecule has 1 atom stereocenters. The first-order valence-electron chi connectivity index (χ1n) is 7.24. The summed E-state index contributed by atoms with van der Waals surface area (Å²) < 4.78 is 70.4. The number of carbonyl (C=O) groups is 1. The summed E-state index contributed by atoms with van der Waals surface area (Å²) in [4.78, 5) is 10.9. The molecule has 2 N–H and O–H groups in total. The number of hydrogen-bond acceptors (Lipinski definition) is 4. The third kappa shape index (κ3) is 4.31. The van der Waals surface area contributed by atoms with Gasteiger partial charge in [-0.1, -0.05) is 13.8 Å². The molecule has 10 heteroatoms. The predicted molar refractivity (Wildman–Crippen MR) is 82.6 cm³/mol. The van der Waals surface area contributed by atoms with Crippen LogP contribution >= 0.6 is 0 Å². The lowest BCUT2D eigenvalue weighted by atomic mass is 10.0. The van der Waals surface area contributed by atoms with Gasteiger partial charge < -0.3 is 9.84 Å². The Morgan fingerprint density at radius 3 is 2.52 bits per heavy atom. The second kappa shape index (κ2) is 6.68. The van der Waals surface area contributed by atoms with E-state index in [0.29, 0.717) is 0 Å². The molecule has 0 fully saturated rings. The molecule has 0 aliphatic carbocycles. The first-order valence-corrected chi connectivity index (χ1v) is 8.72. The molecular weight excluding hydrogens is 363 g/mol. The van der Waals surface area contributed by atoms with Crippen molar-refractivity contribution >= 4 is 22.1 Å². The third-order valence-corrected chi connectivity index (χ3v) is 4.78. The molecule has 2 rings (SSSR count). The van der Waals surface area contributed by atoms with Crippen molar-refractivity contribution in [1.82, 2.24) is 4.72 Å². The number of hydrogen-bond donors (Lipinski definition) is 2. The van der Waals surface area contributed by atoms with E-state index >= 15 is 0 Å². The molecule has 0 saturated carbocycles. The van der Waals surface area contributed by atoms with Gasteiger partial charge >= 0.3 is 12.1 Å². The van der Waals surface area contributed by atoms with Crippen molar-refractivity contribution in [3.8, 4) is 5.75 Å². The molecule has 138 valence electrons. The quantitative estimate of drug-likeness (QED) is 0.820. The average molecular weight is 379 g/mol.